The van der Waals surface area contributed by atoms with Crippen LogP contribution in [0.15, 0.2) is 60.9 Å². The molecule has 0 fully saturated rings. The number of hydrogen-bond acceptors (Lipinski definition) is 5. The maximum atomic E-state index is 12.2. The van der Waals surface area contributed by atoms with Gasteiger partial charge in [-0.15, -0.1) is 0 Å². The van der Waals surface area contributed by atoms with E-state index in [9.17, 15) is 4.79 Å². The van der Waals surface area contributed by atoms with Crippen LogP contribution in [0.5, 0.6) is 5.75 Å². The zero-order chi connectivity index (χ0) is 19.5. The highest BCUT2D eigenvalue weighted by atomic mass is 16.5. The topological polar surface area (TPSA) is 81.4 Å². The van der Waals surface area contributed by atoms with Crippen LogP contribution in [0.2, 0.25) is 0 Å². The van der Waals surface area contributed by atoms with Gasteiger partial charge in [-0.2, -0.15) is 0 Å². The fourth-order valence-electron chi connectivity index (χ4n) is 2.92. The van der Waals surface area contributed by atoms with E-state index in [2.05, 4.69) is 20.3 Å². The summed E-state index contributed by atoms with van der Waals surface area (Å²) in [5, 5.41) is 2.68. The number of nitrogens with zero attached hydrogens (tertiary/aromatic N) is 4. The van der Waals surface area contributed by atoms with Crippen LogP contribution >= 0.6 is 0 Å². The molecule has 3 heterocycles. The minimum atomic E-state index is -0.326. The highest BCUT2D eigenvalue weighted by molar-refractivity contribution is 5.90. The molecule has 1 amide bonds. The van der Waals surface area contributed by atoms with Crippen LogP contribution < -0.4 is 10.1 Å². The summed E-state index contributed by atoms with van der Waals surface area (Å²) in [4.78, 5) is 25.4. The Morgan fingerprint density at radius 2 is 1.89 bits per heavy atom. The summed E-state index contributed by atoms with van der Waals surface area (Å²) < 4.78 is 7.45. The van der Waals surface area contributed by atoms with Crippen molar-refractivity contribution in [2.45, 2.75) is 13.8 Å². The second-order valence-electron chi connectivity index (χ2n) is 6.39. The van der Waals surface area contributed by atoms with Crippen LogP contribution in [0.1, 0.15) is 11.3 Å². The van der Waals surface area contributed by atoms with Gasteiger partial charge in [0, 0.05) is 12.4 Å². The second kappa shape index (κ2) is 7.48. The van der Waals surface area contributed by atoms with Gasteiger partial charge in [-0.05, 0) is 44.2 Å². The van der Waals surface area contributed by atoms with E-state index >= 15 is 0 Å². The minimum Gasteiger partial charge on any atom is -0.484 e. The summed E-state index contributed by atoms with van der Waals surface area (Å²) >= 11 is 0. The fraction of sp³-hybridized carbons (Fsp3) is 0.143. The van der Waals surface area contributed by atoms with Gasteiger partial charge in [-0.3, -0.25) is 14.5 Å². The van der Waals surface area contributed by atoms with Crippen molar-refractivity contribution in [3.63, 3.8) is 0 Å². The lowest BCUT2D eigenvalue weighted by Gasteiger charge is -2.08. The zero-order valence-electron chi connectivity index (χ0n) is 15.6. The van der Waals surface area contributed by atoms with Gasteiger partial charge in [-0.25, -0.2) is 15.0 Å². The first-order chi connectivity index (χ1) is 13.6. The Balaban J connectivity index is 1.50. The highest BCUT2D eigenvalue weighted by Gasteiger charge is 2.13. The Hall–Kier alpha value is -3.74. The van der Waals surface area contributed by atoms with Gasteiger partial charge >= 0.3 is 0 Å². The van der Waals surface area contributed by atoms with Crippen LogP contribution in [0, 0.1) is 13.8 Å². The van der Waals surface area contributed by atoms with Crippen LogP contribution in [-0.4, -0.2) is 31.9 Å². The number of carbonyl (C=O) groups is 1. The van der Waals surface area contributed by atoms with Gasteiger partial charge in [0.1, 0.15) is 11.4 Å². The molecule has 7 heteroatoms. The molecule has 0 atom stereocenters. The van der Waals surface area contributed by atoms with Gasteiger partial charge in [0.25, 0.3) is 5.91 Å². The lowest BCUT2D eigenvalue weighted by Crippen LogP contribution is -2.21. The molecule has 0 radical (unpaired) electrons. The van der Waals surface area contributed by atoms with Crippen molar-refractivity contribution in [1.29, 1.82) is 0 Å². The third-order valence-electron chi connectivity index (χ3n) is 4.24. The maximum Gasteiger partial charge on any atom is 0.264 e. The Kier molecular flexibility index (Phi) is 4.72. The Morgan fingerprint density at radius 1 is 1.07 bits per heavy atom. The molecule has 7 nitrogen and oxygen atoms in total. The lowest BCUT2D eigenvalue weighted by molar-refractivity contribution is -0.118. The predicted octanol–water partition coefficient (Wildman–Crippen LogP) is 3.43. The summed E-state index contributed by atoms with van der Waals surface area (Å²) in [6.45, 7) is 3.80. The number of imidazole rings is 1. The standard InChI is InChI=1S/C21H19N5O2/c1-14-6-8-16(9-7-14)28-13-19(27)25-21-22-11-10-17(24-21)20-15(2)23-18-5-3-4-12-26(18)20/h3-12H,13H2,1-2H3,(H,22,24,25,27). The quantitative estimate of drug-likeness (QED) is 0.580. The van der Waals surface area contributed by atoms with E-state index in [1.165, 1.54) is 0 Å². The van der Waals surface area contributed by atoms with Crippen molar-refractivity contribution >= 4 is 17.5 Å². The van der Waals surface area contributed by atoms with Gasteiger partial charge < -0.3 is 4.74 Å². The number of ether oxygens (including phenoxy) is 1. The molecular weight excluding hydrogens is 354 g/mol. The maximum absolute atomic E-state index is 12.2. The molecule has 3 aromatic heterocycles. The summed E-state index contributed by atoms with van der Waals surface area (Å²) in [5.41, 5.74) is 4.37. The average Bonchev–Trinajstić information content (AvgIpc) is 3.03. The number of anilines is 1. The number of carbonyl (C=O) groups excluding carboxylic acids is 1. The summed E-state index contributed by atoms with van der Waals surface area (Å²) in [5.74, 6) is 0.532. The Bertz CT molecular complexity index is 1140. The number of benzene rings is 1. The Labute approximate surface area is 162 Å². The molecule has 0 aliphatic rings. The van der Waals surface area contributed by atoms with Crippen molar-refractivity contribution in [3.05, 3.63) is 72.2 Å². The first kappa shape index (κ1) is 17.7. The molecule has 0 aliphatic carbocycles. The number of aryl methyl sites for hydroxylation is 2. The van der Waals surface area contributed by atoms with Gasteiger partial charge in [0.2, 0.25) is 5.95 Å². The second-order valence-corrected chi connectivity index (χ2v) is 6.39. The molecule has 0 saturated carbocycles. The molecule has 1 N–H and O–H groups in total. The molecule has 0 bridgehead atoms. The molecule has 0 saturated heterocycles. The molecule has 0 spiro atoms. The fourth-order valence-corrected chi connectivity index (χ4v) is 2.92. The number of fused-ring (bicyclic) bond motifs is 1. The van der Waals surface area contributed by atoms with E-state index < -0.39 is 0 Å². The highest BCUT2D eigenvalue weighted by Crippen LogP contribution is 2.23. The van der Waals surface area contributed by atoms with Crippen LogP contribution in [-0.2, 0) is 4.79 Å². The third-order valence-corrected chi connectivity index (χ3v) is 4.24. The number of nitrogens with one attached hydrogen (secondary N) is 1. The number of amides is 1. The largest absolute Gasteiger partial charge is 0.484 e. The predicted molar refractivity (Wildman–Crippen MR) is 106 cm³/mol. The summed E-state index contributed by atoms with van der Waals surface area (Å²) in [7, 11) is 0. The monoisotopic (exact) mass is 373 g/mol. The average molecular weight is 373 g/mol. The first-order valence-corrected chi connectivity index (χ1v) is 8.86. The molecule has 4 rings (SSSR count). The normalized spacial score (nSPS) is 10.8. The number of aromatic nitrogens is 4. The van der Waals surface area contributed by atoms with Crippen LogP contribution in [0.25, 0.3) is 17.0 Å². The molecule has 28 heavy (non-hydrogen) atoms. The van der Waals surface area contributed by atoms with E-state index in [1.54, 1.807) is 12.3 Å². The van der Waals surface area contributed by atoms with Crippen LogP contribution in [0.4, 0.5) is 5.95 Å². The van der Waals surface area contributed by atoms with Crippen LogP contribution in [0.3, 0.4) is 0 Å². The molecule has 0 unspecified atom stereocenters. The molecule has 4 aromatic rings. The van der Waals surface area contributed by atoms with Crippen molar-refractivity contribution in [2.24, 2.45) is 0 Å². The lowest BCUT2D eigenvalue weighted by atomic mass is 10.2. The minimum absolute atomic E-state index is 0.120. The van der Waals surface area contributed by atoms with Gasteiger partial charge in [0.05, 0.1) is 17.1 Å². The van der Waals surface area contributed by atoms with Crippen molar-refractivity contribution in [1.82, 2.24) is 19.4 Å². The van der Waals surface area contributed by atoms with Crippen molar-refractivity contribution in [3.8, 4) is 17.1 Å². The smallest absolute Gasteiger partial charge is 0.264 e. The number of pyridine rings is 1. The SMILES string of the molecule is Cc1ccc(OCC(=O)Nc2nccc(-c3c(C)nc4ccccn34)n2)cc1. The van der Waals surface area contributed by atoms with Gasteiger partial charge in [-0.1, -0.05) is 23.8 Å². The zero-order valence-corrected chi connectivity index (χ0v) is 15.6. The molecule has 0 aliphatic heterocycles. The van der Waals surface area contributed by atoms with E-state index in [-0.39, 0.29) is 18.5 Å². The number of rotatable bonds is 5. The summed E-state index contributed by atoms with van der Waals surface area (Å²) in [6, 6.07) is 15.1. The number of hydrogen-bond donors (Lipinski definition) is 1. The molecular formula is C21H19N5O2. The molecule has 1 aromatic carbocycles. The van der Waals surface area contributed by atoms with E-state index in [0.717, 1.165) is 22.6 Å². The van der Waals surface area contributed by atoms with E-state index in [0.29, 0.717) is 11.4 Å². The first-order valence-electron chi connectivity index (χ1n) is 8.86. The van der Waals surface area contributed by atoms with E-state index in [4.69, 9.17) is 4.74 Å². The summed E-state index contributed by atoms with van der Waals surface area (Å²) in [6.07, 6.45) is 3.54. The third kappa shape index (κ3) is 3.68. The molecule has 140 valence electrons. The van der Waals surface area contributed by atoms with Crippen molar-refractivity contribution < 1.29 is 9.53 Å². The van der Waals surface area contributed by atoms with E-state index in [1.807, 2.05) is 66.9 Å². The van der Waals surface area contributed by atoms with Crippen molar-refractivity contribution in [2.75, 3.05) is 11.9 Å². The van der Waals surface area contributed by atoms with Gasteiger partial charge in [0.15, 0.2) is 6.61 Å². The Morgan fingerprint density at radius 3 is 2.71 bits per heavy atom.